The van der Waals surface area contributed by atoms with Gasteiger partial charge in [0.1, 0.15) is 11.4 Å². The molecule has 3 aromatic rings. The van der Waals surface area contributed by atoms with Gasteiger partial charge < -0.3 is 0 Å². The number of aromatic nitrogens is 3. The van der Waals surface area contributed by atoms with E-state index >= 15 is 0 Å². The predicted molar refractivity (Wildman–Crippen MR) is 87.7 cm³/mol. The fourth-order valence-corrected chi connectivity index (χ4v) is 3.09. The fraction of sp³-hybridized carbons (Fsp3) is 0.278. The average Bonchev–Trinajstić information content (AvgIpc) is 2.92. The largest absolute Gasteiger partial charge is 0.300 e. The van der Waals surface area contributed by atoms with Crippen molar-refractivity contribution >= 4 is 11.4 Å². The summed E-state index contributed by atoms with van der Waals surface area (Å²) < 4.78 is 45.5. The second-order valence-electron chi connectivity index (χ2n) is 6.69. The van der Waals surface area contributed by atoms with E-state index in [-0.39, 0.29) is 11.3 Å². The maximum Gasteiger partial charge on any atom is 0.300 e. The third-order valence-corrected chi connectivity index (χ3v) is 4.55. The van der Waals surface area contributed by atoms with Gasteiger partial charge in [-0.25, -0.2) is 13.9 Å². The van der Waals surface area contributed by atoms with E-state index in [1.165, 1.54) is 26.0 Å². The van der Waals surface area contributed by atoms with Crippen LogP contribution in [0.4, 0.5) is 13.2 Å². The van der Waals surface area contributed by atoms with Gasteiger partial charge in [0.2, 0.25) is 0 Å². The first-order valence-corrected chi connectivity index (χ1v) is 7.80. The fourth-order valence-electron chi connectivity index (χ4n) is 3.09. The molecule has 0 atom stereocenters. The first kappa shape index (κ1) is 15.8. The van der Waals surface area contributed by atoms with E-state index < -0.39 is 22.8 Å². The summed E-state index contributed by atoms with van der Waals surface area (Å²) in [5.74, 6) is -4.36. The number of fused-ring (bicyclic) bond motifs is 2. The van der Waals surface area contributed by atoms with Gasteiger partial charge in [0.05, 0.1) is 17.5 Å². The van der Waals surface area contributed by atoms with Gasteiger partial charge in [-0.1, -0.05) is 12.1 Å². The molecule has 7 heteroatoms. The molecule has 0 fully saturated rings. The van der Waals surface area contributed by atoms with E-state index in [1.807, 2.05) is 6.92 Å². The van der Waals surface area contributed by atoms with Crippen molar-refractivity contribution in [1.82, 2.24) is 14.6 Å². The van der Waals surface area contributed by atoms with Crippen LogP contribution in [0.2, 0.25) is 0 Å². The topological polar surface area (TPSA) is 42.5 Å². The van der Waals surface area contributed by atoms with Crippen LogP contribution < -0.4 is 0 Å². The minimum Gasteiger partial charge on any atom is -0.271 e. The summed E-state index contributed by atoms with van der Waals surface area (Å²) in [5.41, 5.74) is 0.0294. The molecule has 0 saturated carbocycles. The monoisotopic (exact) mass is 344 g/mol. The number of alkyl halides is 2. The lowest BCUT2D eigenvalue weighted by Crippen LogP contribution is -2.45. The summed E-state index contributed by atoms with van der Waals surface area (Å²) in [6.45, 7) is 4.47. The van der Waals surface area contributed by atoms with E-state index in [1.54, 1.807) is 23.1 Å². The summed E-state index contributed by atoms with van der Waals surface area (Å²) in [7, 11) is 0. The summed E-state index contributed by atoms with van der Waals surface area (Å²) >= 11 is 0. The van der Waals surface area contributed by atoms with Crippen LogP contribution in [0.25, 0.3) is 5.65 Å². The Balaban J connectivity index is 2.00. The van der Waals surface area contributed by atoms with Gasteiger partial charge in [-0.3, -0.25) is 4.99 Å². The molecule has 0 saturated heterocycles. The molecule has 0 radical (unpaired) electrons. The molecule has 25 heavy (non-hydrogen) atoms. The van der Waals surface area contributed by atoms with Crippen LogP contribution in [0.1, 0.15) is 36.1 Å². The van der Waals surface area contributed by atoms with Crippen molar-refractivity contribution in [1.29, 1.82) is 0 Å². The average molecular weight is 344 g/mol. The van der Waals surface area contributed by atoms with E-state index in [2.05, 4.69) is 15.1 Å². The van der Waals surface area contributed by atoms with E-state index in [9.17, 15) is 13.2 Å². The van der Waals surface area contributed by atoms with Crippen LogP contribution in [-0.2, 0) is 5.92 Å². The molecule has 2 aromatic heterocycles. The zero-order chi connectivity index (χ0) is 18.0. The van der Waals surface area contributed by atoms with Crippen LogP contribution in [0, 0.1) is 12.7 Å². The molecule has 0 amide bonds. The highest BCUT2D eigenvalue weighted by atomic mass is 19.3. The minimum absolute atomic E-state index is 0.0781. The van der Waals surface area contributed by atoms with Crippen LogP contribution in [0.5, 0.6) is 0 Å². The van der Waals surface area contributed by atoms with Crippen molar-refractivity contribution in [2.45, 2.75) is 32.2 Å². The lowest BCUT2D eigenvalue weighted by molar-refractivity contribution is -0.0710. The van der Waals surface area contributed by atoms with Crippen LogP contribution in [0.15, 0.2) is 41.8 Å². The molecule has 0 N–H and O–H groups in total. The number of benzene rings is 1. The number of hydrogen-bond acceptors (Lipinski definition) is 3. The molecule has 1 aliphatic rings. The van der Waals surface area contributed by atoms with E-state index in [0.29, 0.717) is 11.2 Å². The molecule has 0 aliphatic carbocycles. The maximum absolute atomic E-state index is 14.8. The number of halogens is 3. The van der Waals surface area contributed by atoms with Crippen molar-refractivity contribution < 1.29 is 13.2 Å². The van der Waals surface area contributed by atoms with Crippen molar-refractivity contribution in [2.75, 3.05) is 0 Å². The van der Waals surface area contributed by atoms with Crippen molar-refractivity contribution in [3.8, 4) is 0 Å². The second-order valence-corrected chi connectivity index (χ2v) is 6.69. The van der Waals surface area contributed by atoms with Gasteiger partial charge in [0, 0.05) is 29.1 Å². The van der Waals surface area contributed by atoms with Gasteiger partial charge in [0.15, 0.2) is 5.65 Å². The number of nitrogens with zero attached hydrogens (tertiary/aromatic N) is 4. The Hall–Kier alpha value is -2.70. The summed E-state index contributed by atoms with van der Waals surface area (Å²) in [6, 6.07) is 3.91. The highest BCUT2D eigenvalue weighted by molar-refractivity contribution is 6.14. The predicted octanol–water partition coefficient (Wildman–Crippen LogP) is 3.90. The van der Waals surface area contributed by atoms with E-state index in [0.717, 1.165) is 11.6 Å². The number of rotatable bonds is 1. The Bertz CT molecular complexity index is 1030. The molecule has 0 bridgehead atoms. The Kier molecular flexibility index (Phi) is 3.10. The molecule has 0 spiro atoms. The third kappa shape index (κ3) is 2.11. The molecule has 4 rings (SSSR count). The summed E-state index contributed by atoms with van der Waals surface area (Å²) in [4.78, 5) is 8.59. The highest BCUT2D eigenvalue weighted by Gasteiger charge is 2.54. The third-order valence-electron chi connectivity index (χ3n) is 4.55. The van der Waals surface area contributed by atoms with Gasteiger partial charge >= 0.3 is 5.92 Å². The van der Waals surface area contributed by atoms with Gasteiger partial charge in [-0.05, 0) is 26.8 Å². The van der Waals surface area contributed by atoms with Crippen molar-refractivity contribution in [2.24, 2.45) is 4.99 Å². The molecule has 1 aliphatic heterocycles. The molecular formula is C18H15F3N4. The van der Waals surface area contributed by atoms with Crippen molar-refractivity contribution in [3.63, 3.8) is 0 Å². The van der Waals surface area contributed by atoms with Gasteiger partial charge in [0.25, 0.3) is 0 Å². The SMILES string of the molecule is Cc1cnn2cc(C3=NC(C)(C)C(F)(F)c4c(F)cccc43)cnc12. The quantitative estimate of drug-likeness (QED) is 0.672. The first-order chi connectivity index (χ1) is 11.7. The van der Waals surface area contributed by atoms with Crippen LogP contribution in [0.3, 0.4) is 0 Å². The standard InChI is InChI=1S/C18H15F3N4/c1-10-7-23-25-9-11(8-22-16(10)25)15-12-5-4-6-13(19)14(12)18(20,21)17(2,3)24-15/h4-9H,1-3H3. The van der Waals surface area contributed by atoms with Crippen LogP contribution >= 0.6 is 0 Å². The van der Waals surface area contributed by atoms with Gasteiger partial charge in [-0.2, -0.15) is 13.9 Å². The number of hydrogen-bond donors (Lipinski definition) is 0. The lowest BCUT2D eigenvalue weighted by atomic mass is 9.81. The Morgan fingerprint density at radius 1 is 1.12 bits per heavy atom. The molecular weight excluding hydrogens is 329 g/mol. The lowest BCUT2D eigenvalue weighted by Gasteiger charge is -2.37. The highest BCUT2D eigenvalue weighted by Crippen LogP contribution is 2.47. The van der Waals surface area contributed by atoms with Gasteiger partial charge in [-0.15, -0.1) is 0 Å². The minimum atomic E-state index is -3.42. The van der Waals surface area contributed by atoms with Crippen molar-refractivity contribution in [3.05, 3.63) is 64.9 Å². The van der Waals surface area contributed by atoms with Crippen LogP contribution in [-0.4, -0.2) is 25.8 Å². The molecule has 1 aromatic carbocycles. The Labute approximate surface area is 142 Å². The Morgan fingerprint density at radius 3 is 2.64 bits per heavy atom. The summed E-state index contributed by atoms with van der Waals surface area (Å²) in [6.07, 6.45) is 4.89. The number of aliphatic imine (C=N–C) groups is 1. The number of aryl methyl sites for hydroxylation is 1. The summed E-state index contributed by atoms with van der Waals surface area (Å²) in [5, 5.41) is 4.19. The molecule has 0 unspecified atom stereocenters. The van der Waals surface area contributed by atoms with E-state index in [4.69, 9.17) is 0 Å². The first-order valence-electron chi connectivity index (χ1n) is 7.80. The molecule has 128 valence electrons. The smallest absolute Gasteiger partial charge is 0.271 e. The second kappa shape index (κ2) is 4.91. The maximum atomic E-state index is 14.8. The normalized spacial score (nSPS) is 18.1. The Morgan fingerprint density at radius 2 is 1.88 bits per heavy atom. The molecule has 3 heterocycles. The zero-order valence-electron chi connectivity index (χ0n) is 13.9. The molecule has 4 nitrogen and oxygen atoms in total. The zero-order valence-corrected chi connectivity index (χ0v) is 13.9.